The minimum absolute atomic E-state index is 0.0513. The average molecular weight is 243 g/mol. The number of hydrogen-bond acceptors (Lipinski definition) is 3. The van der Waals surface area contributed by atoms with Crippen LogP contribution in [-0.2, 0) is 10.0 Å². The summed E-state index contributed by atoms with van der Waals surface area (Å²) >= 11 is 0. The number of sulfonamides is 1. The molecule has 0 fully saturated rings. The quantitative estimate of drug-likeness (QED) is 0.814. The van der Waals surface area contributed by atoms with E-state index in [4.69, 9.17) is 5.11 Å². The first-order chi connectivity index (χ1) is 7.37. The second kappa shape index (κ2) is 4.95. The Morgan fingerprint density at radius 3 is 2.31 bits per heavy atom. The van der Waals surface area contributed by atoms with Crippen molar-refractivity contribution in [3.05, 3.63) is 30.3 Å². The molecule has 0 aliphatic carbocycles. The molecule has 0 spiro atoms. The van der Waals surface area contributed by atoms with Crippen LogP contribution in [0.3, 0.4) is 0 Å². The van der Waals surface area contributed by atoms with Crippen LogP contribution in [0.4, 0.5) is 0 Å². The highest BCUT2D eigenvalue weighted by Crippen LogP contribution is 2.14. The van der Waals surface area contributed by atoms with Gasteiger partial charge in [-0.25, -0.2) is 13.1 Å². The summed E-state index contributed by atoms with van der Waals surface area (Å²) in [5, 5.41) is 8.83. The van der Waals surface area contributed by atoms with Crippen molar-refractivity contribution in [2.45, 2.75) is 30.7 Å². The summed E-state index contributed by atoms with van der Waals surface area (Å²) in [5.74, 6) is 0. The zero-order valence-corrected chi connectivity index (χ0v) is 10.3. The van der Waals surface area contributed by atoms with E-state index in [0.29, 0.717) is 6.42 Å². The molecular weight excluding hydrogens is 226 g/mol. The highest BCUT2D eigenvalue weighted by atomic mass is 32.2. The predicted octanol–water partition coefficient (Wildman–Crippen LogP) is 1.13. The minimum atomic E-state index is -3.50. The third kappa shape index (κ3) is 3.59. The lowest BCUT2D eigenvalue weighted by Gasteiger charge is -2.24. The van der Waals surface area contributed by atoms with Crippen LogP contribution in [0.1, 0.15) is 20.3 Å². The van der Waals surface area contributed by atoms with E-state index in [2.05, 4.69) is 4.72 Å². The van der Waals surface area contributed by atoms with E-state index >= 15 is 0 Å². The molecule has 0 saturated carbocycles. The van der Waals surface area contributed by atoms with Crippen molar-refractivity contribution in [3.8, 4) is 0 Å². The molecule has 0 amide bonds. The Bertz CT molecular complexity index is 426. The number of aliphatic hydroxyl groups is 1. The molecule has 4 nitrogen and oxygen atoms in total. The summed E-state index contributed by atoms with van der Waals surface area (Å²) in [4.78, 5) is 0.237. The van der Waals surface area contributed by atoms with E-state index in [9.17, 15) is 8.42 Å². The van der Waals surface area contributed by atoms with Crippen LogP contribution in [0.2, 0.25) is 0 Å². The molecule has 16 heavy (non-hydrogen) atoms. The standard InChI is InChI=1S/C11H17NO3S/c1-11(2,8-9-13)12-16(14,15)10-6-4-3-5-7-10/h3-7,12-13H,8-9H2,1-2H3. The number of benzene rings is 1. The van der Waals surface area contributed by atoms with Crippen molar-refractivity contribution in [1.82, 2.24) is 4.72 Å². The fourth-order valence-corrected chi connectivity index (χ4v) is 2.82. The van der Waals surface area contributed by atoms with Crippen LogP contribution in [0.5, 0.6) is 0 Å². The van der Waals surface area contributed by atoms with Crippen molar-refractivity contribution < 1.29 is 13.5 Å². The van der Waals surface area contributed by atoms with E-state index < -0.39 is 15.6 Å². The van der Waals surface area contributed by atoms with Crippen LogP contribution >= 0.6 is 0 Å². The van der Waals surface area contributed by atoms with Gasteiger partial charge in [0.1, 0.15) is 0 Å². The fourth-order valence-electron chi connectivity index (χ4n) is 1.35. The topological polar surface area (TPSA) is 66.4 Å². The van der Waals surface area contributed by atoms with Crippen LogP contribution in [0.15, 0.2) is 35.2 Å². The van der Waals surface area contributed by atoms with Crippen LogP contribution in [-0.4, -0.2) is 25.7 Å². The Labute approximate surface area is 96.4 Å². The largest absolute Gasteiger partial charge is 0.396 e. The molecule has 0 aromatic heterocycles. The molecule has 0 aliphatic heterocycles. The Balaban J connectivity index is 2.89. The Kier molecular flexibility index (Phi) is 4.07. The van der Waals surface area contributed by atoms with E-state index in [1.165, 1.54) is 12.1 Å². The predicted molar refractivity (Wildman–Crippen MR) is 62.5 cm³/mol. The normalized spacial score (nSPS) is 12.7. The molecule has 0 saturated heterocycles. The Morgan fingerprint density at radius 1 is 1.25 bits per heavy atom. The highest BCUT2D eigenvalue weighted by Gasteiger charge is 2.25. The van der Waals surface area contributed by atoms with Crippen LogP contribution in [0.25, 0.3) is 0 Å². The van der Waals surface area contributed by atoms with Gasteiger partial charge in [-0.3, -0.25) is 0 Å². The van der Waals surface area contributed by atoms with Crippen molar-refractivity contribution in [1.29, 1.82) is 0 Å². The molecule has 0 bridgehead atoms. The van der Waals surface area contributed by atoms with Gasteiger partial charge in [0.25, 0.3) is 0 Å². The fraction of sp³-hybridized carbons (Fsp3) is 0.455. The molecule has 1 aromatic rings. The lowest BCUT2D eigenvalue weighted by molar-refractivity contribution is 0.246. The lowest BCUT2D eigenvalue weighted by Crippen LogP contribution is -2.43. The molecule has 5 heteroatoms. The first kappa shape index (κ1) is 13.2. The van der Waals surface area contributed by atoms with E-state index in [1.807, 2.05) is 0 Å². The number of rotatable bonds is 5. The molecule has 0 unspecified atom stereocenters. The van der Waals surface area contributed by atoms with Gasteiger partial charge in [0.15, 0.2) is 0 Å². The maximum Gasteiger partial charge on any atom is 0.241 e. The highest BCUT2D eigenvalue weighted by molar-refractivity contribution is 7.89. The van der Waals surface area contributed by atoms with Gasteiger partial charge < -0.3 is 5.11 Å². The zero-order chi connectivity index (χ0) is 12.2. The molecule has 1 aromatic carbocycles. The Hall–Kier alpha value is -0.910. The van der Waals surface area contributed by atoms with Crippen molar-refractivity contribution in [3.63, 3.8) is 0 Å². The second-order valence-electron chi connectivity index (χ2n) is 4.28. The molecule has 0 heterocycles. The summed E-state index contributed by atoms with van der Waals surface area (Å²) in [6.07, 6.45) is 0.374. The molecule has 90 valence electrons. The van der Waals surface area contributed by atoms with Gasteiger partial charge in [0.2, 0.25) is 10.0 Å². The van der Waals surface area contributed by atoms with Gasteiger partial charge in [-0.05, 0) is 32.4 Å². The van der Waals surface area contributed by atoms with Gasteiger partial charge in [0, 0.05) is 12.1 Å². The SMILES string of the molecule is CC(C)(CCO)NS(=O)(=O)c1ccccc1. The van der Waals surface area contributed by atoms with Crippen LogP contribution < -0.4 is 4.72 Å². The van der Waals surface area contributed by atoms with Gasteiger partial charge in [-0.2, -0.15) is 0 Å². The maximum atomic E-state index is 11.9. The summed E-state index contributed by atoms with van der Waals surface area (Å²) < 4.78 is 26.4. The van der Waals surface area contributed by atoms with Crippen molar-refractivity contribution >= 4 is 10.0 Å². The summed E-state index contributed by atoms with van der Waals surface area (Å²) in [6, 6.07) is 8.19. The molecule has 2 N–H and O–H groups in total. The third-order valence-corrected chi connectivity index (χ3v) is 3.92. The maximum absolute atomic E-state index is 11.9. The first-order valence-electron chi connectivity index (χ1n) is 5.07. The average Bonchev–Trinajstić information content (AvgIpc) is 2.17. The monoisotopic (exact) mass is 243 g/mol. The van der Waals surface area contributed by atoms with Crippen molar-refractivity contribution in [2.24, 2.45) is 0 Å². The van der Waals surface area contributed by atoms with Gasteiger partial charge in [0.05, 0.1) is 4.90 Å². The van der Waals surface area contributed by atoms with Crippen LogP contribution in [0, 0.1) is 0 Å². The Morgan fingerprint density at radius 2 is 1.81 bits per heavy atom. The van der Waals surface area contributed by atoms with E-state index in [1.54, 1.807) is 32.0 Å². The summed E-state index contributed by atoms with van der Waals surface area (Å²) in [5.41, 5.74) is -0.649. The number of hydrogen-bond donors (Lipinski definition) is 2. The minimum Gasteiger partial charge on any atom is -0.396 e. The molecule has 1 rings (SSSR count). The van der Waals surface area contributed by atoms with Gasteiger partial charge >= 0.3 is 0 Å². The zero-order valence-electron chi connectivity index (χ0n) is 9.47. The van der Waals surface area contributed by atoms with Crippen molar-refractivity contribution in [2.75, 3.05) is 6.61 Å². The van der Waals surface area contributed by atoms with Gasteiger partial charge in [-0.15, -0.1) is 0 Å². The smallest absolute Gasteiger partial charge is 0.241 e. The summed E-state index contributed by atoms with van der Waals surface area (Å²) in [7, 11) is -3.50. The van der Waals surface area contributed by atoms with Gasteiger partial charge in [-0.1, -0.05) is 18.2 Å². The molecule has 0 atom stereocenters. The van der Waals surface area contributed by atoms with E-state index in [0.717, 1.165) is 0 Å². The summed E-state index contributed by atoms with van der Waals surface area (Å²) in [6.45, 7) is 3.43. The molecule has 0 radical (unpaired) electrons. The van der Waals surface area contributed by atoms with E-state index in [-0.39, 0.29) is 11.5 Å². The second-order valence-corrected chi connectivity index (χ2v) is 5.96. The number of aliphatic hydroxyl groups excluding tert-OH is 1. The molecule has 0 aliphatic rings. The molecular formula is C11H17NO3S. The lowest BCUT2D eigenvalue weighted by atomic mass is 10.0. The number of nitrogens with one attached hydrogen (secondary N) is 1. The first-order valence-corrected chi connectivity index (χ1v) is 6.56. The third-order valence-electron chi connectivity index (χ3n) is 2.20.